The quantitative estimate of drug-likeness (QED) is 0.799. The van der Waals surface area contributed by atoms with Gasteiger partial charge in [-0.2, -0.15) is 0 Å². The number of hydrogen-bond donors (Lipinski definition) is 0. The van der Waals surface area contributed by atoms with E-state index in [2.05, 4.69) is 0 Å². The van der Waals surface area contributed by atoms with Crippen molar-refractivity contribution in [2.75, 3.05) is 32.8 Å². The summed E-state index contributed by atoms with van der Waals surface area (Å²) in [6, 6.07) is 18.8. The van der Waals surface area contributed by atoms with Gasteiger partial charge in [0.25, 0.3) is 5.91 Å². The Kier molecular flexibility index (Phi) is 5.19. The molecule has 2 fully saturated rings. The van der Waals surface area contributed by atoms with Gasteiger partial charge in [-0.05, 0) is 24.3 Å². The maximum atomic E-state index is 12.6. The fourth-order valence-electron chi connectivity index (χ4n) is 3.80. The van der Waals surface area contributed by atoms with Crippen LogP contribution in [0.4, 0.5) is 4.79 Å². The monoisotopic (exact) mass is 380 g/mol. The Hall–Kier alpha value is -3.02. The molecule has 2 aliphatic heterocycles. The summed E-state index contributed by atoms with van der Waals surface area (Å²) in [7, 11) is 0. The Bertz CT molecular complexity index is 817. The van der Waals surface area contributed by atoms with Crippen molar-refractivity contribution in [1.82, 2.24) is 9.80 Å². The van der Waals surface area contributed by atoms with Crippen LogP contribution in [0.2, 0.25) is 0 Å². The number of likely N-dealkylation sites (tertiary alicyclic amines) is 1. The Morgan fingerprint density at radius 1 is 1.00 bits per heavy atom. The summed E-state index contributed by atoms with van der Waals surface area (Å²) in [5, 5.41) is 0. The Morgan fingerprint density at radius 2 is 1.64 bits per heavy atom. The number of para-hydroxylation sites is 1. The number of hydrogen-bond acceptors (Lipinski definition) is 4. The van der Waals surface area contributed by atoms with Crippen molar-refractivity contribution in [2.45, 2.75) is 18.4 Å². The fraction of sp³-hybridized carbons (Fsp3) is 0.364. The van der Waals surface area contributed by atoms with Crippen molar-refractivity contribution in [3.8, 4) is 5.75 Å². The van der Waals surface area contributed by atoms with E-state index in [1.54, 1.807) is 4.90 Å². The molecule has 2 saturated heterocycles. The van der Waals surface area contributed by atoms with E-state index in [-0.39, 0.29) is 12.0 Å². The molecule has 6 heteroatoms. The van der Waals surface area contributed by atoms with Crippen molar-refractivity contribution >= 4 is 12.0 Å². The van der Waals surface area contributed by atoms with Crippen LogP contribution in [0.15, 0.2) is 60.7 Å². The number of ether oxygens (including phenoxy) is 2. The predicted octanol–water partition coefficient (Wildman–Crippen LogP) is 3.19. The summed E-state index contributed by atoms with van der Waals surface area (Å²) < 4.78 is 11.4. The molecule has 0 unspecified atom stereocenters. The van der Waals surface area contributed by atoms with E-state index in [4.69, 9.17) is 9.47 Å². The molecule has 28 heavy (non-hydrogen) atoms. The third kappa shape index (κ3) is 3.96. The number of amides is 2. The van der Waals surface area contributed by atoms with Crippen LogP contribution in [0, 0.1) is 0 Å². The highest BCUT2D eigenvalue weighted by Gasteiger charge is 2.47. The zero-order valence-electron chi connectivity index (χ0n) is 15.8. The fourth-order valence-corrected chi connectivity index (χ4v) is 3.80. The largest absolute Gasteiger partial charge is 0.492 e. The molecule has 2 aromatic carbocycles. The van der Waals surface area contributed by atoms with Gasteiger partial charge in [0, 0.05) is 31.5 Å². The van der Waals surface area contributed by atoms with Gasteiger partial charge >= 0.3 is 6.09 Å². The standard InChI is InChI=1S/C22H24N2O4/c25-20(18-7-3-1-4-8-18)23-13-11-22(12-14-23)17-24(21(26)28-22)15-16-27-19-9-5-2-6-10-19/h1-10H,11-17H2. The maximum Gasteiger partial charge on any atom is 0.410 e. The molecule has 0 aromatic heterocycles. The molecule has 2 heterocycles. The molecule has 0 bridgehead atoms. The highest BCUT2D eigenvalue weighted by Crippen LogP contribution is 2.33. The van der Waals surface area contributed by atoms with Crippen LogP contribution >= 0.6 is 0 Å². The highest BCUT2D eigenvalue weighted by molar-refractivity contribution is 5.94. The zero-order chi connectivity index (χ0) is 19.4. The van der Waals surface area contributed by atoms with Gasteiger partial charge in [-0.15, -0.1) is 0 Å². The van der Waals surface area contributed by atoms with Gasteiger partial charge in [-0.1, -0.05) is 36.4 Å². The Labute approximate surface area is 164 Å². The summed E-state index contributed by atoms with van der Waals surface area (Å²) in [6.07, 6.45) is 1.03. The van der Waals surface area contributed by atoms with Crippen molar-refractivity contribution < 1.29 is 19.1 Å². The number of piperidine rings is 1. The van der Waals surface area contributed by atoms with E-state index in [1.807, 2.05) is 65.6 Å². The third-order valence-corrected chi connectivity index (χ3v) is 5.40. The third-order valence-electron chi connectivity index (χ3n) is 5.40. The van der Waals surface area contributed by atoms with Crippen LogP contribution in [0.1, 0.15) is 23.2 Å². The molecular formula is C22H24N2O4. The second-order valence-corrected chi connectivity index (χ2v) is 7.29. The first-order chi connectivity index (χ1) is 13.7. The van der Waals surface area contributed by atoms with Gasteiger partial charge in [0.15, 0.2) is 0 Å². The first-order valence-corrected chi connectivity index (χ1v) is 9.65. The number of nitrogens with zero attached hydrogens (tertiary/aromatic N) is 2. The Balaban J connectivity index is 1.28. The van der Waals surface area contributed by atoms with Crippen molar-refractivity contribution in [3.63, 3.8) is 0 Å². The molecule has 2 amide bonds. The van der Waals surface area contributed by atoms with Gasteiger partial charge in [0.05, 0.1) is 13.1 Å². The summed E-state index contributed by atoms with van der Waals surface area (Å²) in [5.74, 6) is 0.824. The molecular weight excluding hydrogens is 356 g/mol. The minimum atomic E-state index is -0.489. The average molecular weight is 380 g/mol. The van der Waals surface area contributed by atoms with E-state index in [0.29, 0.717) is 51.2 Å². The summed E-state index contributed by atoms with van der Waals surface area (Å²) in [6.45, 7) is 2.65. The first-order valence-electron chi connectivity index (χ1n) is 9.65. The molecule has 0 N–H and O–H groups in total. The molecule has 2 aromatic rings. The Morgan fingerprint density at radius 3 is 2.32 bits per heavy atom. The van der Waals surface area contributed by atoms with Gasteiger partial charge in [-0.25, -0.2) is 4.79 Å². The van der Waals surface area contributed by atoms with Gasteiger partial charge in [0.2, 0.25) is 0 Å². The van der Waals surface area contributed by atoms with E-state index < -0.39 is 5.60 Å². The molecule has 6 nitrogen and oxygen atoms in total. The topological polar surface area (TPSA) is 59.1 Å². The molecule has 1 spiro atoms. The van der Waals surface area contributed by atoms with Crippen molar-refractivity contribution in [2.24, 2.45) is 0 Å². The van der Waals surface area contributed by atoms with Crippen LogP contribution in [0.25, 0.3) is 0 Å². The van der Waals surface area contributed by atoms with E-state index in [0.717, 1.165) is 5.75 Å². The van der Waals surface area contributed by atoms with Gasteiger partial charge in [0.1, 0.15) is 18.0 Å². The lowest BCUT2D eigenvalue weighted by atomic mass is 9.91. The van der Waals surface area contributed by atoms with E-state index in [9.17, 15) is 9.59 Å². The summed E-state index contributed by atoms with van der Waals surface area (Å²) in [4.78, 5) is 28.4. The van der Waals surface area contributed by atoms with Gasteiger partial charge in [-0.3, -0.25) is 4.79 Å². The molecule has 0 radical (unpaired) electrons. The smallest absolute Gasteiger partial charge is 0.410 e. The predicted molar refractivity (Wildman–Crippen MR) is 104 cm³/mol. The molecule has 0 aliphatic carbocycles. The van der Waals surface area contributed by atoms with E-state index in [1.165, 1.54) is 0 Å². The number of rotatable bonds is 5. The number of carbonyl (C=O) groups is 2. The minimum Gasteiger partial charge on any atom is -0.492 e. The number of carbonyl (C=O) groups excluding carboxylic acids is 2. The maximum absolute atomic E-state index is 12.6. The van der Waals surface area contributed by atoms with Crippen LogP contribution < -0.4 is 4.74 Å². The zero-order valence-corrected chi connectivity index (χ0v) is 15.8. The molecule has 0 saturated carbocycles. The van der Waals surface area contributed by atoms with Crippen molar-refractivity contribution in [1.29, 1.82) is 0 Å². The summed E-state index contributed by atoms with van der Waals surface area (Å²) in [5.41, 5.74) is 0.207. The second kappa shape index (κ2) is 7.92. The van der Waals surface area contributed by atoms with Crippen LogP contribution in [-0.2, 0) is 4.74 Å². The lowest BCUT2D eigenvalue weighted by Gasteiger charge is -2.37. The molecule has 4 rings (SSSR count). The molecule has 2 aliphatic rings. The minimum absolute atomic E-state index is 0.0351. The van der Waals surface area contributed by atoms with Crippen LogP contribution in [-0.4, -0.2) is 60.2 Å². The van der Waals surface area contributed by atoms with Crippen LogP contribution in [0.3, 0.4) is 0 Å². The SMILES string of the molecule is O=C1OC2(CCN(C(=O)c3ccccc3)CC2)CN1CCOc1ccccc1. The first kappa shape index (κ1) is 18.3. The van der Waals surface area contributed by atoms with Gasteiger partial charge < -0.3 is 19.3 Å². The van der Waals surface area contributed by atoms with E-state index >= 15 is 0 Å². The molecule has 146 valence electrons. The average Bonchev–Trinajstić information content (AvgIpc) is 3.04. The summed E-state index contributed by atoms with van der Waals surface area (Å²) >= 11 is 0. The normalized spacial score (nSPS) is 18.2. The highest BCUT2D eigenvalue weighted by atomic mass is 16.6. The van der Waals surface area contributed by atoms with Crippen molar-refractivity contribution in [3.05, 3.63) is 66.2 Å². The number of benzene rings is 2. The van der Waals surface area contributed by atoms with Crippen LogP contribution in [0.5, 0.6) is 5.75 Å². The lowest BCUT2D eigenvalue weighted by molar-refractivity contribution is 0.00313. The second-order valence-electron chi connectivity index (χ2n) is 7.29. The lowest BCUT2D eigenvalue weighted by Crippen LogP contribution is -2.48. The molecule has 0 atom stereocenters.